The van der Waals surface area contributed by atoms with Crippen LogP contribution in [0.25, 0.3) is 0 Å². The summed E-state index contributed by atoms with van der Waals surface area (Å²) in [7, 11) is 0. The average molecular weight is 252 g/mol. The third-order valence-corrected chi connectivity index (χ3v) is 4.29. The van der Waals surface area contributed by atoms with Gasteiger partial charge >= 0.3 is 0 Å². The molecule has 3 rings (SSSR count). The minimum absolute atomic E-state index is 0.423. The number of hydrogen-bond acceptors (Lipinski definition) is 6. The number of nitrogen functional groups attached to an aromatic ring is 1. The first-order chi connectivity index (χ1) is 8.38. The van der Waals surface area contributed by atoms with E-state index in [1.807, 2.05) is 11.8 Å². The fourth-order valence-electron chi connectivity index (χ4n) is 2.33. The van der Waals surface area contributed by atoms with Crippen LogP contribution in [-0.4, -0.2) is 23.2 Å². The third-order valence-electron chi connectivity index (χ3n) is 3.32. The molecular weight excluding hydrogens is 236 g/mol. The second-order valence-corrected chi connectivity index (χ2v) is 5.37. The zero-order chi connectivity index (χ0) is 11.7. The molecule has 0 radical (unpaired) electrons. The molecule has 3 heterocycles. The highest BCUT2D eigenvalue weighted by molar-refractivity contribution is 7.98. The first-order valence-corrected chi connectivity index (χ1v) is 7.05. The number of nitrogens with two attached hydrogens (primary N) is 1. The Morgan fingerprint density at radius 2 is 2.06 bits per heavy atom. The molecule has 1 fully saturated rings. The zero-order valence-corrected chi connectivity index (χ0v) is 10.4. The van der Waals surface area contributed by atoms with E-state index >= 15 is 0 Å². The van der Waals surface area contributed by atoms with Gasteiger partial charge in [0.2, 0.25) is 0 Å². The summed E-state index contributed by atoms with van der Waals surface area (Å²) >= 11 is 1.87. The molecule has 1 saturated heterocycles. The summed E-state index contributed by atoms with van der Waals surface area (Å²) in [4.78, 5) is 9.27. The normalized spacial score (nSPS) is 20.3. The van der Waals surface area contributed by atoms with Crippen LogP contribution >= 0.6 is 11.8 Å². The van der Waals surface area contributed by atoms with Crippen molar-refractivity contribution in [3.63, 3.8) is 0 Å². The van der Waals surface area contributed by atoms with E-state index in [1.54, 1.807) is 0 Å². The fourth-order valence-corrected chi connectivity index (χ4v) is 3.37. The Morgan fingerprint density at radius 1 is 1.24 bits per heavy atom. The maximum absolute atomic E-state index is 5.55. The summed E-state index contributed by atoms with van der Waals surface area (Å²) in [5, 5.41) is 0. The summed E-state index contributed by atoms with van der Waals surface area (Å²) in [6, 6.07) is 0. The molecule has 0 spiro atoms. The average Bonchev–Trinajstić information content (AvgIpc) is 2.86. The fraction of sp³-hybridized carbons (Fsp3) is 0.636. The first-order valence-electron chi connectivity index (χ1n) is 5.90. The van der Waals surface area contributed by atoms with Crippen LogP contribution in [0.5, 0.6) is 0 Å². The van der Waals surface area contributed by atoms with Gasteiger partial charge in [-0.1, -0.05) is 0 Å². The number of aromatic nitrogens is 2. The lowest BCUT2D eigenvalue weighted by molar-refractivity contribution is 0.0835. The standard InChI is InChI=1S/C11H16N4OS/c12-15-11-8-5-17-6-9(8)13-10(14-11)7-1-3-16-4-2-7/h7H,1-6,12H2,(H,13,14,15). The predicted octanol–water partition coefficient (Wildman–Crippen LogP) is 1.40. The van der Waals surface area contributed by atoms with E-state index in [0.717, 1.165) is 54.9 Å². The van der Waals surface area contributed by atoms with Gasteiger partial charge in [0, 0.05) is 36.2 Å². The van der Waals surface area contributed by atoms with Crippen molar-refractivity contribution < 1.29 is 4.74 Å². The molecule has 1 aromatic rings. The molecule has 2 aliphatic rings. The van der Waals surface area contributed by atoms with Gasteiger partial charge in [0.25, 0.3) is 0 Å². The van der Waals surface area contributed by atoms with Gasteiger partial charge in [0.15, 0.2) is 0 Å². The van der Waals surface area contributed by atoms with Crippen LogP contribution in [0.2, 0.25) is 0 Å². The Balaban J connectivity index is 1.94. The molecule has 0 aliphatic carbocycles. The van der Waals surface area contributed by atoms with Crippen molar-refractivity contribution in [3.05, 3.63) is 17.1 Å². The van der Waals surface area contributed by atoms with E-state index in [1.165, 1.54) is 5.56 Å². The molecule has 0 amide bonds. The predicted molar refractivity (Wildman–Crippen MR) is 67.6 cm³/mol. The SMILES string of the molecule is NNc1nc(C2CCOCC2)nc2c1CSC2. The quantitative estimate of drug-likeness (QED) is 0.612. The summed E-state index contributed by atoms with van der Waals surface area (Å²) < 4.78 is 5.37. The first kappa shape index (κ1) is 11.3. The second-order valence-electron chi connectivity index (χ2n) is 4.38. The van der Waals surface area contributed by atoms with Crippen molar-refractivity contribution in [1.29, 1.82) is 0 Å². The molecule has 0 aromatic carbocycles. The number of ether oxygens (including phenoxy) is 1. The van der Waals surface area contributed by atoms with Crippen LogP contribution < -0.4 is 11.3 Å². The number of nitrogens with one attached hydrogen (secondary N) is 1. The smallest absolute Gasteiger partial charge is 0.148 e. The molecule has 5 nitrogen and oxygen atoms in total. The maximum Gasteiger partial charge on any atom is 0.148 e. The summed E-state index contributed by atoms with van der Waals surface area (Å²) in [5.41, 5.74) is 5.04. The van der Waals surface area contributed by atoms with E-state index in [9.17, 15) is 0 Å². The van der Waals surface area contributed by atoms with Crippen LogP contribution in [0, 0.1) is 0 Å². The molecule has 2 aliphatic heterocycles. The molecule has 1 aromatic heterocycles. The molecule has 17 heavy (non-hydrogen) atoms. The number of fused-ring (bicyclic) bond motifs is 1. The van der Waals surface area contributed by atoms with Crippen molar-refractivity contribution in [3.8, 4) is 0 Å². The molecule has 3 N–H and O–H groups in total. The number of hydrogen-bond donors (Lipinski definition) is 2. The Bertz CT molecular complexity index is 420. The Morgan fingerprint density at radius 3 is 2.82 bits per heavy atom. The topological polar surface area (TPSA) is 73.1 Å². The van der Waals surface area contributed by atoms with E-state index in [4.69, 9.17) is 15.6 Å². The van der Waals surface area contributed by atoms with E-state index < -0.39 is 0 Å². The third kappa shape index (κ3) is 2.12. The highest BCUT2D eigenvalue weighted by atomic mass is 32.2. The lowest BCUT2D eigenvalue weighted by Gasteiger charge is -2.21. The molecule has 0 unspecified atom stereocenters. The summed E-state index contributed by atoms with van der Waals surface area (Å²) in [5.74, 6) is 9.65. The van der Waals surface area contributed by atoms with Crippen molar-refractivity contribution >= 4 is 17.6 Å². The molecule has 0 atom stereocenters. The van der Waals surface area contributed by atoms with Crippen molar-refractivity contribution in [1.82, 2.24) is 9.97 Å². The van der Waals surface area contributed by atoms with Crippen LogP contribution in [0.4, 0.5) is 5.82 Å². The Labute approximate surface area is 105 Å². The van der Waals surface area contributed by atoms with Crippen LogP contribution in [0.3, 0.4) is 0 Å². The highest BCUT2D eigenvalue weighted by Crippen LogP contribution is 2.34. The maximum atomic E-state index is 5.55. The Hall–Kier alpha value is -0.850. The zero-order valence-electron chi connectivity index (χ0n) is 9.61. The van der Waals surface area contributed by atoms with Crippen molar-refractivity contribution in [2.24, 2.45) is 5.84 Å². The van der Waals surface area contributed by atoms with Gasteiger partial charge in [-0.25, -0.2) is 15.8 Å². The molecule has 0 bridgehead atoms. The van der Waals surface area contributed by atoms with Gasteiger partial charge in [0.1, 0.15) is 11.6 Å². The summed E-state index contributed by atoms with van der Waals surface area (Å²) in [6.45, 7) is 1.62. The van der Waals surface area contributed by atoms with Gasteiger partial charge in [-0.2, -0.15) is 11.8 Å². The number of hydrazine groups is 1. The largest absolute Gasteiger partial charge is 0.381 e. The molecule has 0 saturated carbocycles. The van der Waals surface area contributed by atoms with Gasteiger partial charge in [-0.15, -0.1) is 0 Å². The van der Waals surface area contributed by atoms with Gasteiger partial charge < -0.3 is 10.2 Å². The lowest BCUT2D eigenvalue weighted by Crippen LogP contribution is -2.19. The lowest BCUT2D eigenvalue weighted by atomic mass is 9.99. The molecule has 92 valence electrons. The van der Waals surface area contributed by atoms with Gasteiger partial charge in [-0.05, 0) is 12.8 Å². The monoisotopic (exact) mass is 252 g/mol. The van der Waals surface area contributed by atoms with Crippen LogP contribution in [0.1, 0.15) is 35.8 Å². The van der Waals surface area contributed by atoms with Crippen molar-refractivity contribution in [2.45, 2.75) is 30.3 Å². The van der Waals surface area contributed by atoms with Crippen molar-refractivity contribution in [2.75, 3.05) is 18.6 Å². The minimum Gasteiger partial charge on any atom is -0.381 e. The molecule has 6 heteroatoms. The Kier molecular flexibility index (Phi) is 3.17. The van der Waals surface area contributed by atoms with E-state index in [0.29, 0.717) is 5.92 Å². The molecular formula is C11H16N4OS. The van der Waals surface area contributed by atoms with Crippen LogP contribution in [0.15, 0.2) is 0 Å². The number of rotatable bonds is 2. The van der Waals surface area contributed by atoms with Gasteiger partial charge in [-0.3, -0.25) is 0 Å². The highest BCUT2D eigenvalue weighted by Gasteiger charge is 2.24. The van der Waals surface area contributed by atoms with Gasteiger partial charge in [0.05, 0.1) is 5.69 Å². The number of thioether (sulfide) groups is 1. The number of anilines is 1. The van der Waals surface area contributed by atoms with E-state index in [2.05, 4.69) is 10.4 Å². The van der Waals surface area contributed by atoms with E-state index in [-0.39, 0.29) is 0 Å². The summed E-state index contributed by atoms with van der Waals surface area (Å²) in [6.07, 6.45) is 2.02. The minimum atomic E-state index is 0.423. The number of nitrogens with zero attached hydrogens (tertiary/aromatic N) is 2. The second kappa shape index (κ2) is 4.80. The van der Waals surface area contributed by atoms with Crippen LogP contribution in [-0.2, 0) is 16.2 Å².